The van der Waals surface area contributed by atoms with Gasteiger partial charge in [-0.2, -0.15) is 0 Å². The highest BCUT2D eigenvalue weighted by Gasteiger charge is 2.53. The van der Waals surface area contributed by atoms with Crippen LogP contribution in [0.2, 0.25) is 0 Å². The predicted octanol–water partition coefficient (Wildman–Crippen LogP) is 17.1. The molecule has 2 saturated heterocycles. The number of aromatic amines is 2. The quantitative estimate of drug-likeness (QED) is 0.161. The number of hydrogen-bond acceptors (Lipinski definition) is 6. The number of benzene rings is 4. The number of H-pyrrole nitrogens is 2. The summed E-state index contributed by atoms with van der Waals surface area (Å²) in [4.78, 5) is 19.5. The Morgan fingerprint density at radius 3 is 0.780 bits per heavy atom. The molecule has 0 atom stereocenters. The van der Waals surface area contributed by atoms with E-state index in [4.69, 9.17) is 28.6 Å². The van der Waals surface area contributed by atoms with Crippen molar-refractivity contribution in [2.75, 3.05) is 0 Å². The Hall–Kier alpha value is -6.55. The van der Waals surface area contributed by atoms with E-state index in [1.54, 1.807) is 0 Å². The summed E-state index contributed by atoms with van der Waals surface area (Å²) in [7, 11) is -0.989. The van der Waals surface area contributed by atoms with Crippen LogP contribution in [0.15, 0.2) is 109 Å². The molecule has 7 heterocycles. The lowest BCUT2D eigenvalue weighted by atomic mass is 9.78. The largest absolute Gasteiger partial charge is 0.494 e. The molecule has 8 bridgehead atoms. The van der Waals surface area contributed by atoms with Crippen molar-refractivity contribution >= 4 is 71.5 Å². The van der Waals surface area contributed by atoms with Crippen molar-refractivity contribution in [2.24, 2.45) is 0 Å². The first kappa shape index (κ1) is 57.3. The van der Waals surface area contributed by atoms with Gasteiger partial charge in [-0.05, 0) is 181 Å². The highest BCUT2D eigenvalue weighted by atomic mass is 16.7. The average molecular weight is 1090 g/mol. The average Bonchev–Trinajstić information content (AvgIpc) is 4.43. The molecule has 0 saturated carbocycles. The summed E-state index contributed by atoms with van der Waals surface area (Å²) in [5.74, 6) is 0. The maximum atomic E-state index is 6.56. The van der Waals surface area contributed by atoms with Gasteiger partial charge in [-0.15, -0.1) is 0 Å². The molecule has 10 heteroatoms. The summed E-state index contributed by atoms with van der Waals surface area (Å²) in [5, 5.41) is 0. The summed E-state index contributed by atoms with van der Waals surface area (Å²) in [5.41, 5.74) is 20.0. The van der Waals surface area contributed by atoms with Gasteiger partial charge in [0.05, 0.1) is 45.2 Å². The van der Waals surface area contributed by atoms with Gasteiger partial charge < -0.3 is 28.6 Å². The van der Waals surface area contributed by atoms with Crippen LogP contribution in [-0.2, 0) is 40.3 Å². The first-order valence-electron chi connectivity index (χ1n) is 29.5. The molecule has 0 unspecified atom stereocenters. The summed E-state index contributed by atoms with van der Waals surface area (Å²) in [6.45, 7) is 44.3. The zero-order valence-electron chi connectivity index (χ0n) is 52.4. The van der Waals surface area contributed by atoms with Gasteiger partial charge in [0.1, 0.15) is 0 Å². The number of hydrogen-bond donors (Lipinski definition) is 2. The molecule has 2 N–H and O–H groups in total. The van der Waals surface area contributed by atoms with E-state index in [1.165, 1.54) is 22.3 Å². The van der Waals surface area contributed by atoms with Crippen LogP contribution in [0.5, 0.6) is 0 Å². The lowest BCUT2D eigenvalue weighted by Gasteiger charge is -2.32. The van der Waals surface area contributed by atoms with Gasteiger partial charge in [-0.25, -0.2) is 9.97 Å². The van der Waals surface area contributed by atoms with Gasteiger partial charge in [0, 0.05) is 44.3 Å². The van der Waals surface area contributed by atoms with E-state index in [9.17, 15) is 0 Å². The fourth-order valence-electron chi connectivity index (χ4n) is 11.3. The molecule has 422 valence electrons. The molecule has 7 aromatic rings. The zero-order chi connectivity index (χ0) is 59.1. The van der Waals surface area contributed by atoms with Crippen molar-refractivity contribution in [3.05, 3.63) is 154 Å². The standard InChI is InChI=1S/C72H84B2N4O4/c1-65(2,3)47-37-45(38-48(41-47)66(4,5)6)63-57-33-29-53(75-57)61(43-21-25-51(26-22-43)73-79-69(13,14)70(15,16)80-73)55-31-35-59(77-55)64(46-39-49(67(7,8)9)42-50(40-46)68(10,11)12)60-36-32-56(78-60)62(54-30-34-58(63)76-54)44-23-27-52(28-24-44)74-81-71(17,18)72(19,20)82-74/h21-42,75,78H,1-20H3. The molecule has 3 aromatic heterocycles. The highest BCUT2D eigenvalue weighted by Crippen LogP contribution is 2.44. The summed E-state index contributed by atoms with van der Waals surface area (Å²) < 4.78 is 26.2. The van der Waals surface area contributed by atoms with Crippen LogP contribution in [0.25, 0.3) is 90.9 Å². The minimum Gasteiger partial charge on any atom is -0.399 e. The molecule has 0 radical (unpaired) electrons. The Morgan fingerprint density at radius 2 is 0.549 bits per heavy atom. The molecule has 82 heavy (non-hydrogen) atoms. The van der Waals surface area contributed by atoms with Gasteiger partial charge in [-0.1, -0.05) is 168 Å². The number of rotatable bonds is 6. The molecule has 4 aliphatic heterocycles. The Balaban J connectivity index is 1.25. The van der Waals surface area contributed by atoms with E-state index in [0.29, 0.717) is 0 Å². The maximum Gasteiger partial charge on any atom is 0.494 e. The van der Waals surface area contributed by atoms with Gasteiger partial charge in [0.25, 0.3) is 0 Å². The second-order valence-electron chi connectivity index (χ2n) is 29.5. The SMILES string of the molecule is CC(C)(C)c1cc(-c2c3nc(c(-c4ccc(B5OC(C)(C)C(C)(C)O5)cc4)c4ccc([nH]4)c(-c4cc(C(C)(C)C)cc(C(C)(C)C)c4)c4nc(c(-c5ccc(B6OC(C)(C)C(C)(C)O6)cc5)c5ccc2[nH]5)C=C4)C=C3)cc(C(C)(C)C)c1. The van der Waals surface area contributed by atoms with Gasteiger partial charge in [0.15, 0.2) is 0 Å². The van der Waals surface area contributed by atoms with E-state index in [2.05, 4.69) is 282 Å². The number of nitrogens with zero attached hydrogens (tertiary/aromatic N) is 2. The normalized spacial score (nSPS) is 17.6. The van der Waals surface area contributed by atoms with Crippen LogP contribution < -0.4 is 10.9 Å². The lowest BCUT2D eigenvalue weighted by Crippen LogP contribution is -2.41. The third-order valence-corrected chi connectivity index (χ3v) is 18.1. The van der Waals surface area contributed by atoms with Crippen molar-refractivity contribution in [3.63, 3.8) is 0 Å². The van der Waals surface area contributed by atoms with Crippen LogP contribution in [0, 0.1) is 0 Å². The molecule has 11 rings (SSSR count). The fourth-order valence-corrected chi connectivity index (χ4v) is 11.3. The molecule has 0 amide bonds. The maximum absolute atomic E-state index is 6.56. The molecule has 4 aliphatic rings. The van der Waals surface area contributed by atoms with Crippen molar-refractivity contribution in [3.8, 4) is 44.5 Å². The Kier molecular flexibility index (Phi) is 13.6. The second kappa shape index (κ2) is 19.5. The molecule has 0 aliphatic carbocycles. The monoisotopic (exact) mass is 1090 g/mol. The van der Waals surface area contributed by atoms with Crippen molar-refractivity contribution < 1.29 is 18.6 Å². The van der Waals surface area contributed by atoms with E-state index in [1.807, 2.05) is 0 Å². The first-order valence-corrected chi connectivity index (χ1v) is 29.5. The van der Waals surface area contributed by atoms with E-state index < -0.39 is 36.6 Å². The second-order valence-corrected chi connectivity index (χ2v) is 29.5. The van der Waals surface area contributed by atoms with Crippen LogP contribution in [0.4, 0.5) is 0 Å². The van der Waals surface area contributed by atoms with E-state index in [0.717, 1.165) is 100 Å². The Bertz CT molecular complexity index is 3570. The van der Waals surface area contributed by atoms with Crippen LogP contribution in [0.3, 0.4) is 0 Å². The predicted molar refractivity (Wildman–Crippen MR) is 347 cm³/mol. The van der Waals surface area contributed by atoms with E-state index in [-0.39, 0.29) is 21.7 Å². The fraction of sp³-hybridized carbons (Fsp3) is 0.389. The molecule has 4 aromatic carbocycles. The van der Waals surface area contributed by atoms with Gasteiger partial charge in [-0.3, -0.25) is 0 Å². The van der Waals surface area contributed by atoms with E-state index >= 15 is 0 Å². The lowest BCUT2D eigenvalue weighted by molar-refractivity contribution is 0.00578. The van der Waals surface area contributed by atoms with Crippen molar-refractivity contribution in [2.45, 2.75) is 183 Å². The Labute approximate surface area is 488 Å². The van der Waals surface area contributed by atoms with Gasteiger partial charge in [0.2, 0.25) is 0 Å². The first-order chi connectivity index (χ1) is 38.1. The summed E-state index contributed by atoms with van der Waals surface area (Å²) >= 11 is 0. The minimum atomic E-state index is -0.494. The molecule has 0 spiro atoms. The minimum absolute atomic E-state index is 0.120. The summed E-state index contributed by atoms with van der Waals surface area (Å²) in [6.07, 6.45) is 8.76. The summed E-state index contributed by atoms with van der Waals surface area (Å²) in [6, 6.07) is 40.4. The molecular weight excluding hydrogens is 1010 g/mol. The topological polar surface area (TPSA) is 94.3 Å². The highest BCUT2D eigenvalue weighted by molar-refractivity contribution is 6.62. The van der Waals surface area contributed by atoms with Gasteiger partial charge >= 0.3 is 14.2 Å². The number of fused-ring (bicyclic) bond motifs is 8. The molecule has 8 nitrogen and oxygen atoms in total. The zero-order valence-corrected chi connectivity index (χ0v) is 52.4. The van der Waals surface area contributed by atoms with Crippen LogP contribution >= 0.6 is 0 Å². The van der Waals surface area contributed by atoms with Crippen LogP contribution in [0.1, 0.15) is 184 Å². The number of aromatic nitrogens is 4. The third-order valence-electron chi connectivity index (χ3n) is 18.1. The van der Waals surface area contributed by atoms with Crippen molar-refractivity contribution in [1.82, 2.24) is 19.9 Å². The third kappa shape index (κ3) is 10.5. The van der Waals surface area contributed by atoms with Crippen molar-refractivity contribution in [1.29, 1.82) is 0 Å². The number of nitrogens with one attached hydrogen (secondary N) is 2. The smallest absolute Gasteiger partial charge is 0.399 e. The van der Waals surface area contributed by atoms with Crippen LogP contribution in [-0.4, -0.2) is 56.6 Å². The molecule has 2 fully saturated rings. The Morgan fingerprint density at radius 1 is 0.317 bits per heavy atom. The molecular formula is C72H84B2N4O4.